The topological polar surface area (TPSA) is 70.0 Å². The van der Waals surface area contributed by atoms with Crippen LogP contribution in [0.5, 0.6) is 0 Å². The fourth-order valence-corrected chi connectivity index (χ4v) is 5.29. The van der Waals surface area contributed by atoms with E-state index in [9.17, 15) is 9.59 Å². The lowest BCUT2D eigenvalue weighted by atomic mass is 10.0. The zero-order valence-electron chi connectivity index (χ0n) is 23.3. The van der Waals surface area contributed by atoms with Crippen molar-refractivity contribution in [2.24, 2.45) is 0 Å². The van der Waals surface area contributed by atoms with Crippen molar-refractivity contribution in [3.8, 4) is 0 Å². The summed E-state index contributed by atoms with van der Waals surface area (Å²) in [5.41, 5.74) is 2.94. The highest BCUT2D eigenvalue weighted by atomic mass is 28.4. The molecule has 0 saturated carbocycles. The van der Waals surface area contributed by atoms with Gasteiger partial charge in [0.05, 0.1) is 20.3 Å². The summed E-state index contributed by atoms with van der Waals surface area (Å²) in [6.45, 7) is 11.9. The van der Waals surface area contributed by atoms with Gasteiger partial charge in [-0.15, -0.1) is 0 Å². The predicted molar refractivity (Wildman–Crippen MR) is 150 cm³/mol. The second kappa shape index (κ2) is 11.5. The van der Waals surface area contributed by atoms with Crippen LogP contribution in [0.2, 0.25) is 18.1 Å². The van der Waals surface area contributed by atoms with Crippen LogP contribution < -0.4 is 0 Å². The van der Waals surface area contributed by atoms with E-state index in [4.69, 9.17) is 9.16 Å². The van der Waals surface area contributed by atoms with Crippen molar-refractivity contribution in [2.75, 3.05) is 27.9 Å². The number of esters is 2. The third kappa shape index (κ3) is 6.43. The van der Waals surface area contributed by atoms with Crippen LogP contribution in [0, 0.1) is 0 Å². The summed E-state index contributed by atoms with van der Waals surface area (Å²) >= 11 is 0. The van der Waals surface area contributed by atoms with E-state index in [2.05, 4.69) is 50.9 Å². The Morgan fingerprint density at radius 3 is 2.46 bits per heavy atom. The van der Waals surface area contributed by atoms with Crippen molar-refractivity contribution < 1.29 is 23.5 Å². The number of nitrogens with zero attached hydrogens (tertiary/aromatic N) is 2. The van der Waals surface area contributed by atoms with E-state index in [1.807, 2.05) is 53.1 Å². The number of rotatable bonds is 9. The van der Waals surface area contributed by atoms with E-state index in [1.54, 1.807) is 6.08 Å². The quantitative estimate of drug-likeness (QED) is 0.248. The summed E-state index contributed by atoms with van der Waals surface area (Å²) in [6, 6.07) is 7.25. The Morgan fingerprint density at radius 1 is 1.14 bits per heavy atom. The van der Waals surface area contributed by atoms with Crippen LogP contribution >= 0.6 is 0 Å². The molecule has 0 fully saturated rings. The van der Waals surface area contributed by atoms with Crippen molar-refractivity contribution >= 4 is 31.2 Å². The smallest absolute Gasteiger partial charge is 0.331 e. The summed E-state index contributed by atoms with van der Waals surface area (Å²) in [5, 5.41) is 1.25. The Bertz CT molecular complexity index is 1220. The molecule has 3 rings (SSSR count). The van der Waals surface area contributed by atoms with Gasteiger partial charge < -0.3 is 23.4 Å². The van der Waals surface area contributed by atoms with Gasteiger partial charge >= 0.3 is 11.9 Å². The van der Waals surface area contributed by atoms with Gasteiger partial charge in [0.25, 0.3) is 0 Å². The molecule has 0 saturated heterocycles. The molecule has 0 spiro atoms. The molecule has 1 aliphatic heterocycles. The predicted octanol–water partition coefficient (Wildman–Crippen LogP) is 5.40. The molecule has 7 nitrogen and oxygen atoms in total. The number of fused-ring (bicyclic) bond motifs is 1. The number of methoxy groups -OCH3 is 2. The molecule has 8 heteroatoms. The summed E-state index contributed by atoms with van der Waals surface area (Å²) in [6.07, 6.45) is 11.7. The first kappa shape index (κ1) is 28.5. The van der Waals surface area contributed by atoms with Gasteiger partial charge in [0.2, 0.25) is 0 Å². The molecule has 2 atom stereocenters. The largest absolute Gasteiger partial charge is 0.467 e. The molecular weight excluding hydrogens is 484 g/mol. The minimum atomic E-state index is -1.86. The average Bonchev–Trinajstić information content (AvgIpc) is 3.21. The molecule has 1 aliphatic rings. The summed E-state index contributed by atoms with van der Waals surface area (Å²) in [4.78, 5) is 26.6. The molecule has 2 unspecified atom stereocenters. The van der Waals surface area contributed by atoms with E-state index < -0.39 is 20.3 Å². The maximum atomic E-state index is 13.2. The first-order valence-electron chi connectivity index (χ1n) is 12.6. The number of hydrogen-bond donors (Lipinski definition) is 0. The average molecular weight is 525 g/mol. The molecular formula is C29H40N2O5Si. The number of ether oxygens (including phenoxy) is 2. The van der Waals surface area contributed by atoms with E-state index in [0.29, 0.717) is 6.61 Å². The molecule has 2 aromatic rings. The molecule has 0 amide bonds. The lowest BCUT2D eigenvalue weighted by Crippen LogP contribution is -2.41. The minimum absolute atomic E-state index is 0.146. The van der Waals surface area contributed by atoms with Gasteiger partial charge in [-0.1, -0.05) is 51.1 Å². The van der Waals surface area contributed by atoms with Crippen LogP contribution in [-0.2, 0) is 29.9 Å². The first-order chi connectivity index (χ1) is 17.4. The fourth-order valence-electron chi connectivity index (χ4n) is 4.25. The van der Waals surface area contributed by atoms with E-state index >= 15 is 0 Å². The molecule has 2 heterocycles. The number of para-hydroxylation sites is 1. The van der Waals surface area contributed by atoms with Crippen LogP contribution in [0.3, 0.4) is 0 Å². The Kier molecular flexibility index (Phi) is 8.86. The SMILES string of the molecule is COC(=O)/C=C/C1=CN(C)C(C(C(=O)OC)n2cc(CCO[Si](C)(C)C(C)(C)C)c3ccccc32)C=C1. The molecule has 0 aliphatic carbocycles. The third-order valence-electron chi connectivity index (χ3n) is 7.45. The fraction of sp³-hybridized carbons (Fsp3) is 0.448. The Labute approximate surface area is 221 Å². The molecule has 0 radical (unpaired) electrons. The molecule has 37 heavy (non-hydrogen) atoms. The van der Waals surface area contributed by atoms with Gasteiger partial charge in [-0.2, -0.15) is 0 Å². The standard InChI is InChI=1S/C29H40N2O5Si/c1-29(2,3)37(7,8)36-18-17-22-20-31(24-12-10-9-11-23(22)24)27(28(33)35-6)25-15-13-21(19-30(25)4)14-16-26(32)34-5/h9-16,19-20,25,27H,17-18H2,1-8H3/b16-14+. The summed E-state index contributed by atoms with van der Waals surface area (Å²) in [5.74, 6) is -0.747. The van der Waals surface area contributed by atoms with Crippen LogP contribution in [0.1, 0.15) is 32.4 Å². The van der Waals surface area contributed by atoms with Crippen LogP contribution in [0.4, 0.5) is 0 Å². The molecule has 200 valence electrons. The van der Waals surface area contributed by atoms with Gasteiger partial charge in [-0.05, 0) is 47.8 Å². The number of carbonyl (C=O) groups is 2. The molecule has 0 N–H and O–H groups in total. The minimum Gasteiger partial charge on any atom is -0.467 e. The Morgan fingerprint density at radius 2 is 1.84 bits per heavy atom. The first-order valence-corrected chi connectivity index (χ1v) is 15.5. The third-order valence-corrected chi connectivity index (χ3v) is 12.0. The van der Waals surface area contributed by atoms with Gasteiger partial charge in [-0.25, -0.2) is 9.59 Å². The highest BCUT2D eigenvalue weighted by Gasteiger charge is 2.37. The summed E-state index contributed by atoms with van der Waals surface area (Å²) in [7, 11) is 2.81. The van der Waals surface area contributed by atoms with Crippen LogP contribution in [0.25, 0.3) is 10.9 Å². The Balaban J connectivity index is 1.93. The lowest BCUT2D eigenvalue weighted by Gasteiger charge is -2.36. The van der Waals surface area contributed by atoms with Gasteiger partial charge in [-0.3, -0.25) is 0 Å². The second-order valence-electron chi connectivity index (χ2n) is 10.9. The summed E-state index contributed by atoms with van der Waals surface area (Å²) < 4.78 is 18.4. The van der Waals surface area contributed by atoms with Gasteiger partial charge in [0.15, 0.2) is 14.4 Å². The monoisotopic (exact) mass is 524 g/mol. The van der Waals surface area contributed by atoms with Crippen LogP contribution in [0.15, 0.2) is 66.5 Å². The Hall–Kier alpha value is -3.10. The van der Waals surface area contributed by atoms with Crippen molar-refractivity contribution in [1.29, 1.82) is 0 Å². The number of aromatic nitrogens is 1. The van der Waals surface area contributed by atoms with Gasteiger partial charge in [0, 0.05) is 43.0 Å². The maximum absolute atomic E-state index is 13.2. The maximum Gasteiger partial charge on any atom is 0.331 e. The van der Waals surface area contributed by atoms with E-state index in [1.165, 1.54) is 20.3 Å². The molecule has 0 bridgehead atoms. The van der Waals surface area contributed by atoms with Crippen molar-refractivity contribution in [1.82, 2.24) is 9.47 Å². The number of allylic oxidation sites excluding steroid dienone is 3. The van der Waals surface area contributed by atoms with Crippen molar-refractivity contribution in [3.05, 3.63) is 72.1 Å². The second-order valence-corrected chi connectivity index (χ2v) is 15.7. The van der Waals surface area contributed by atoms with Crippen LogP contribution in [-0.4, -0.2) is 63.6 Å². The highest BCUT2D eigenvalue weighted by Crippen LogP contribution is 2.37. The number of benzene rings is 1. The number of carbonyl (C=O) groups excluding carboxylic acids is 2. The number of hydrogen-bond acceptors (Lipinski definition) is 6. The highest BCUT2D eigenvalue weighted by molar-refractivity contribution is 6.74. The van der Waals surface area contributed by atoms with Gasteiger partial charge in [0.1, 0.15) is 0 Å². The zero-order chi connectivity index (χ0) is 27.4. The van der Waals surface area contributed by atoms with Crippen molar-refractivity contribution in [3.63, 3.8) is 0 Å². The van der Waals surface area contributed by atoms with E-state index in [-0.39, 0.29) is 17.0 Å². The zero-order valence-corrected chi connectivity index (χ0v) is 24.3. The lowest BCUT2D eigenvalue weighted by molar-refractivity contribution is -0.145. The van der Waals surface area contributed by atoms with E-state index in [0.717, 1.165) is 28.5 Å². The molecule has 1 aromatic heterocycles. The number of likely N-dealkylation sites (N-methyl/N-ethyl adjacent to an activating group) is 1. The molecule has 1 aromatic carbocycles. The van der Waals surface area contributed by atoms with Crippen molar-refractivity contribution in [2.45, 2.75) is 57.4 Å². The normalized spacial score (nSPS) is 17.2.